The molecule has 1 saturated heterocycles. The van der Waals surface area contributed by atoms with Gasteiger partial charge in [-0.05, 0) is 32.5 Å². The maximum atomic E-state index is 11.9. The van der Waals surface area contributed by atoms with E-state index in [-0.39, 0.29) is 6.42 Å². The molecule has 0 spiro atoms. The van der Waals surface area contributed by atoms with Gasteiger partial charge >= 0.3 is 0 Å². The molecule has 0 bridgehead atoms. The number of hydrogen-bond acceptors (Lipinski definition) is 2. The third-order valence-electron chi connectivity index (χ3n) is 2.46. The van der Waals surface area contributed by atoms with Crippen LogP contribution in [0.2, 0.25) is 0 Å². The van der Waals surface area contributed by atoms with E-state index in [0.29, 0.717) is 12.5 Å². The molecule has 1 aliphatic rings. The Bertz CT molecular complexity index is 136. The van der Waals surface area contributed by atoms with Gasteiger partial charge in [-0.25, -0.2) is 8.78 Å². The SMILES string of the molecule is CN(CCC(F)F)CC1CCNC1. The van der Waals surface area contributed by atoms with E-state index >= 15 is 0 Å². The summed E-state index contributed by atoms with van der Waals surface area (Å²) in [5, 5.41) is 3.27. The van der Waals surface area contributed by atoms with Gasteiger partial charge < -0.3 is 10.2 Å². The van der Waals surface area contributed by atoms with Gasteiger partial charge in [-0.3, -0.25) is 0 Å². The molecular formula is C9H18F2N2. The third kappa shape index (κ3) is 4.52. The number of hydrogen-bond donors (Lipinski definition) is 1. The summed E-state index contributed by atoms with van der Waals surface area (Å²) in [4.78, 5) is 2.00. The molecule has 0 amide bonds. The predicted octanol–water partition coefficient (Wildman–Crippen LogP) is 1.18. The Labute approximate surface area is 78.3 Å². The normalized spacial score (nSPS) is 23.3. The molecule has 0 saturated carbocycles. The van der Waals surface area contributed by atoms with Gasteiger partial charge in [-0.2, -0.15) is 0 Å². The van der Waals surface area contributed by atoms with Crippen molar-refractivity contribution in [2.24, 2.45) is 5.92 Å². The maximum Gasteiger partial charge on any atom is 0.239 e. The fourth-order valence-electron chi connectivity index (χ4n) is 1.72. The van der Waals surface area contributed by atoms with Crippen LogP contribution < -0.4 is 5.32 Å². The summed E-state index contributed by atoms with van der Waals surface area (Å²) in [5.74, 6) is 0.655. The molecule has 1 N–H and O–H groups in total. The Balaban J connectivity index is 2.05. The molecule has 13 heavy (non-hydrogen) atoms. The van der Waals surface area contributed by atoms with E-state index in [9.17, 15) is 8.78 Å². The highest BCUT2D eigenvalue weighted by molar-refractivity contribution is 4.73. The van der Waals surface area contributed by atoms with Crippen LogP contribution in [-0.2, 0) is 0 Å². The summed E-state index contributed by atoms with van der Waals surface area (Å²) in [6, 6.07) is 0. The Kier molecular flexibility index (Phi) is 4.59. The van der Waals surface area contributed by atoms with Crippen molar-refractivity contribution in [1.29, 1.82) is 0 Å². The molecular weight excluding hydrogens is 174 g/mol. The Morgan fingerprint density at radius 1 is 1.54 bits per heavy atom. The van der Waals surface area contributed by atoms with Crippen LogP contribution in [0.4, 0.5) is 8.78 Å². The molecule has 0 radical (unpaired) electrons. The minimum atomic E-state index is -2.16. The quantitative estimate of drug-likeness (QED) is 0.703. The van der Waals surface area contributed by atoms with E-state index in [1.165, 1.54) is 6.42 Å². The summed E-state index contributed by atoms with van der Waals surface area (Å²) in [6.07, 6.45) is -0.987. The molecule has 0 aromatic rings. The lowest BCUT2D eigenvalue weighted by molar-refractivity contribution is 0.119. The van der Waals surface area contributed by atoms with Crippen LogP contribution in [0.15, 0.2) is 0 Å². The first-order valence-electron chi connectivity index (χ1n) is 4.86. The molecule has 0 aromatic heterocycles. The Morgan fingerprint density at radius 2 is 2.31 bits per heavy atom. The van der Waals surface area contributed by atoms with E-state index in [4.69, 9.17) is 0 Å². The molecule has 1 fully saturated rings. The molecule has 0 aliphatic carbocycles. The first kappa shape index (κ1) is 10.9. The number of nitrogens with zero attached hydrogens (tertiary/aromatic N) is 1. The smallest absolute Gasteiger partial charge is 0.239 e. The summed E-state index contributed by atoms with van der Waals surface area (Å²) in [5.41, 5.74) is 0. The summed E-state index contributed by atoms with van der Waals surface area (Å²) >= 11 is 0. The third-order valence-corrected chi connectivity index (χ3v) is 2.46. The number of nitrogens with one attached hydrogen (secondary N) is 1. The standard InChI is InChI=1S/C9H18F2N2/c1-13(5-3-9(10)11)7-8-2-4-12-6-8/h8-9,12H,2-7H2,1H3. The lowest BCUT2D eigenvalue weighted by atomic mass is 10.1. The minimum Gasteiger partial charge on any atom is -0.316 e. The van der Waals surface area contributed by atoms with Crippen LogP contribution in [0.3, 0.4) is 0 Å². The van der Waals surface area contributed by atoms with Crippen molar-refractivity contribution in [3.8, 4) is 0 Å². The van der Waals surface area contributed by atoms with E-state index in [1.54, 1.807) is 0 Å². The predicted molar refractivity (Wildman–Crippen MR) is 49.1 cm³/mol. The van der Waals surface area contributed by atoms with Crippen molar-refractivity contribution in [2.75, 3.05) is 33.2 Å². The first-order valence-corrected chi connectivity index (χ1v) is 4.86. The Morgan fingerprint density at radius 3 is 2.85 bits per heavy atom. The van der Waals surface area contributed by atoms with Gasteiger partial charge in [0.1, 0.15) is 0 Å². The van der Waals surface area contributed by atoms with Crippen LogP contribution in [0.5, 0.6) is 0 Å². The van der Waals surface area contributed by atoms with E-state index < -0.39 is 6.43 Å². The second kappa shape index (κ2) is 5.50. The van der Waals surface area contributed by atoms with E-state index in [2.05, 4.69) is 5.32 Å². The minimum absolute atomic E-state index is 0.00332. The fourth-order valence-corrected chi connectivity index (χ4v) is 1.72. The zero-order chi connectivity index (χ0) is 9.68. The monoisotopic (exact) mass is 192 g/mol. The van der Waals surface area contributed by atoms with Gasteiger partial charge in [-0.15, -0.1) is 0 Å². The van der Waals surface area contributed by atoms with Crippen molar-refractivity contribution < 1.29 is 8.78 Å². The van der Waals surface area contributed by atoms with Crippen LogP contribution in [0.25, 0.3) is 0 Å². The Hall–Kier alpha value is -0.220. The molecule has 1 unspecified atom stereocenters. The van der Waals surface area contributed by atoms with Gasteiger partial charge in [0.05, 0.1) is 0 Å². The zero-order valence-electron chi connectivity index (χ0n) is 8.10. The topological polar surface area (TPSA) is 15.3 Å². The van der Waals surface area contributed by atoms with E-state index in [1.807, 2.05) is 11.9 Å². The first-order chi connectivity index (χ1) is 6.18. The van der Waals surface area contributed by atoms with Crippen LogP contribution in [-0.4, -0.2) is 44.6 Å². The van der Waals surface area contributed by atoms with Crippen molar-refractivity contribution in [2.45, 2.75) is 19.3 Å². The molecule has 1 rings (SSSR count). The molecule has 1 aliphatic heterocycles. The van der Waals surface area contributed by atoms with Crippen LogP contribution in [0.1, 0.15) is 12.8 Å². The lowest BCUT2D eigenvalue weighted by Gasteiger charge is -2.19. The average molecular weight is 192 g/mol. The lowest BCUT2D eigenvalue weighted by Crippen LogP contribution is -2.28. The molecule has 1 heterocycles. The molecule has 4 heteroatoms. The molecule has 78 valence electrons. The van der Waals surface area contributed by atoms with Gasteiger partial charge in [-0.1, -0.05) is 0 Å². The van der Waals surface area contributed by atoms with Crippen molar-refractivity contribution >= 4 is 0 Å². The van der Waals surface area contributed by atoms with Gasteiger partial charge in [0.25, 0.3) is 0 Å². The summed E-state index contributed by atoms with van der Waals surface area (Å²) in [7, 11) is 1.92. The van der Waals surface area contributed by atoms with Crippen LogP contribution >= 0.6 is 0 Å². The molecule has 2 nitrogen and oxygen atoms in total. The summed E-state index contributed by atoms with van der Waals surface area (Å²) < 4.78 is 23.7. The summed E-state index contributed by atoms with van der Waals surface area (Å²) in [6.45, 7) is 3.57. The highest BCUT2D eigenvalue weighted by Crippen LogP contribution is 2.09. The largest absolute Gasteiger partial charge is 0.316 e. The van der Waals surface area contributed by atoms with Gasteiger partial charge in [0, 0.05) is 19.5 Å². The highest BCUT2D eigenvalue weighted by atomic mass is 19.3. The average Bonchev–Trinajstić information content (AvgIpc) is 2.53. The maximum absolute atomic E-state index is 11.9. The fraction of sp³-hybridized carbons (Fsp3) is 1.00. The molecule has 1 atom stereocenters. The number of rotatable bonds is 5. The number of halogens is 2. The zero-order valence-corrected chi connectivity index (χ0v) is 8.10. The van der Waals surface area contributed by atoms with Crippen LogP contribution in [0, 0.1) is 5.92 Å². The van der Waals surface area contributed by atoms with E-state index in [0.717, 1.165) is 19.6 Å². The van der Waals surface area contributed by atoms with Crippen molar-refractivity contribution in [3.05, 3.63) is 0 Å². The van der Waals surface area contributed by atoms with Crippen molar-refractivity contribution in [1.82, 2.24) is 10.2 Å². The van der Waals surface area contributed by atoms with Crippen molar-refractivity contribution in [3.63, 3.8) is 0 Å². The second-order valence-corrected chi connectivity index (χ2v) is 3.80. The number of alkyl halides is 2. The molecule has 0 aromatic carbocycles. The second-order valence-electron chi connectivity index (χ2n) is 3.80. The van der Waals surface area contributed by atoms with Gasteiger partial charge in [0.15, 0.2) is 0 Å². The van der Waals surface area contributed by atoms with Gasteiger partial charge in [0.2, 0.25) is 6.43 Å². The highest BCUT2D eigenvalue weighted by Gasteiger charge is 2.16.